The van der Waals surface area contributed by atoms with E-state index in [0.717, 1.165) is 43.7 Å². The first-order chi connectivity index (χ1) is 7.83. The fourth-order valence-corrected chi connectivity index (χ4v) is 1.71. The van der Waals surface area contributed by atoms with Gasteiger partial charge in [0.25, 0.3) is 0 Å². The van der Waals surface area contributed by atoms with Crippen LogP contribution in [0.25, 0.3) is 0 Å². The third kappa shape index (κ3) is 6.25. The van der Waals surface area contributed by atoms with Gasteiger partial charge in [-0.2, -0.15) is 5.10 Å². The first-order valence-electron chi connectivity index (χ1n) is 5.79. The molecule has 1 N–H and O–H groups in total. The van der Waals surface area contributed by atoms with E-state index in [0.29, 0.717) is 0 Å². The molecular formula is C11H20BrN3O. The zero-order valence-electron chi connectivity index (χ0n) is 9.79. The Morgan fingerprint density at radius 3 is 3.00 bits per heavy atom. The molecule has 0 aromatic carbocycles. The van der Waals surface area contributed by atoms with E-state index in [1.54, 1.807) is 0 Å². The van der Waals surface area contributed by atoms with Gasteiger partial charge in [0.1, 0.15) is 0 Å². The summed E-state index contributed by atoms with van der Waals surface area (Å²) in [6, 6.07) is 0. The van der Waals surface area contributed by atoms with E-state index in [-0.39, 0.29) is 0 Å². The van der Waals surface area contributed by atoms with Crippen LogP contribution < -0.4 is 5.32 Å². The fourth-order valence-electron chi connectivity index (χ4n) is 1.38. The smallest absolute Gasteiger partial charge is 0.0632 e. The van der Waals surface area contributed by atoms with E-state index in [2.05, 4.69) is 26.3 Å². The van der Waals surface area contributed by atoms with Crippen molar-refractivity contribution in [1.82, 2.24) is 15.1 Å². The van der Waals surface area contributed by atoms with Crippen LogP contribution in [0.3, 0.4) is 0 Å². The molecule has 0 atom stereocenters. The van der Waals surface area contributed by atoms with Gasteiger partial charge in [0.05, 0.1) is 17.2 Å². The van der Waals surface area contributed by atoms with Crippen LogP contribution in [0.2, 0.25) is 0 Å². The second-order valence-electron chi connectivity index (χ2n) is 3.58. The molecule has 0 fully saturated rings. The van der Waals surface area contributed by atoms with Crippen LogP contribution in [0.4, 0.5) is 0 Å². The Morgan fingerprint density at radius 1 is 1.44 bits per heavy atom. The van der Waals surface area contributed by atoms with E-state index in [4.69, 9.17) is 4.74 Å². The highest BCUT2D eigenvalue weighted by molar-refractivity contribution is 9.10. The summed E-state index contributed by atoms with van der Waals surface area (Å²) in [6.45, 7) is 6.65. The van der Waals surface area contributed by atoms with Crippen LogP contribution in [-0.4, -0.2) is 36.1 Å². The molecule has 92 valence electrons. The van der Waals surface area contributed by atoms with Gasteiger partial charge in [-0.15, -0.1) is 0 Å². The molecule has 0 unspecified atom stereocenters. The van der Waals surface area contributed by atoms with Gasteiger partial charge in [0.2, 0.25) is 0 Å². The van der Waals surface area contributed by atoms with E-state index in [1.165, 1.54) is 6.42 Å². The Balaban J connectivity index is 1.88. The van der Waals surface area contributed by atoms with Gasteiger partial charge >= 0.3 is 0 Å². The summed E-state index contributed by atoms with van der Waals surface area (Å²) >= 11 is 3.37. The van der Waals surface area contributed by atoms with Crippen molar-refractivity contribution in [3.8, 4) is 0 Å². The van der Waals surface area contributed by atoms with Gasteiger partial charge < -0.3 is 10.1 Å². The van der Waals surface area contributed by atoms with Gasteiger partial charge in [-0.3, -0.25) is 4.68 Å². The molecule has 0 amide bonds. The monoisotopic (exact) mass is 289 g/mol. The number of nitrogens with one attached hydrogen (secondary N) is 1. The van der Waals surface area contributed by atoms with Crippen molar-refractivity contribution in [3.05, 3.63) is 16.9 Å². The topological polar surface area (TPSA) is 39.1 Å². The maximum Gasteiger partial charge on any atom is 0.0632 e. The molecule has 5 heteroatoms. The predicted octanol–water partition coefficient (Wildman–Crippen LogP) is 2.05. The summed E-state index contributed by atoms with van der Waals surface area (Å²) in [4.78, 5) is 0. The third-order valence-corrected chi connectivity index (χ3v) is 2.63. The number of ether oxygens (including phenoxy) is 1. The maximum absolute atomic E-state index is 5.27. The van der Waals surface area contributed by atoms with Crippen molar-refractivity contribution in [1.29, 1.82) is 0 Å². The average molecular weight is 290 g/mol. The van der Waals surface area contributed by atoms with Gasteiger partial charge in [0.15, 0.2) is 0 Å². The van der Waals surface area contributed by atoms with Crippen LogP contribution in [0.1, 0.15) is 19.8 Å². The van der Waals surface area contributed by atoms with Crippen LogP contribution >= 0.6 is 15.9 Å². The molecule has 0 aliphatic heterocycles. The van der Waals surface area contributed by atoms with E-state index >= 15 is 0 Å². The third-order valence-electron chi connectivity index (χ3n) is 2.22. The summed E-state index contributed by atoms with van der Waals surface area (Å²) in [5, 5.41) is 7.57. The minimum absolute atomic E-state index is 0.821. The van der Waals surface area contributed by atoms with Gasteiger partial charge in [-0.25, -0.2) is 0 Å². The Kier molecular flexibility index (Phi) is 7.46. The van der Waals surface area contributed by atoms with Crippen molar-refractivity contribution < 1.29 is 4.74 Å². The lowest BCUT2D eigenvalue weighted by molar-refractivity contribution is 0.143. The number of hydrogen-bond acceptors (Lipinski definition) is 3. The van der Waals surface area contributed by atoms with Crippen molar-refractivity contribution in [3.63, 3.8) is 0 Å². The van der Waals surface area contributed by atoms with E-state index in [1.807, 2.05) is 24.0 Å². The zero-order valence-corrected chi connectivity index (χ0v) is 11.4. The average Bonchev–Trinajstić information content (AvgIpc) is 2.68. The molecule has 0 aliphatic carbocycles. The molecule has 0 radical (unpaired) electrons. The van der Waals surface area contributed by atoms with Crippen LogP contribution in [-0.2, 0) is 11.3 Å². The molecule has 0 saturated heterocycles. The highest BCUT2D eigenvalue weighted by atomic mass is 79.9. The minimum atomic E-state index is 0.821. The molecule has 0 aliphatic rings. The Bertz CT molecular complexity index is 278. The SMILES string of the molecule is CCOCCCCNCCn1cc(Br)cn1. The summed E-state index contributed by atoms with van der Waals surface area (Å²) < 4.78 is 8.22. The van der Waals surface area contributed by atoms with Gasteiger partial charge in [-0.1, -0.05) is 0 Å². The van der Waals surface area contributed by atoms with E-state index < -0.39 is 0 Å². The lowest BCUT2D eigenvalue weighted by Gasteiger charge is -2.05. The number of aromatic nitrogens is 2. The fraction of sp³-hybridized carbons (Fsp3) is 0.727. The number of nitrogens with zero attached hydrogens (tertiary/aromatic N) is 2. The number of hydrogen-bond donors (Lipinski definition) is 1. The molecule has 1 rings (SSSR count). The van der Waals surface area contributed by atoms with E-state index in [9.17, 15) is 0 Å². The number of unbranched alkanes of at least 4 members (excludes halogenated alkanes) is 1. The molecule has 1 aromatic rings. The molecule has 0 spiro atoms. The normalized spacial score (nSPS) is 10.9. The Labute approximate surface area is 105 Å². The summed E-state index contributed by atoms with van der Waals surface area (Å²) in [5.74, 6) is 0. The highest BCUT2D eigenvalue weighted by Crippen LogP contribution is 2.05. The molecule has 1 aromatic heterocycles. The molecule has 16 heavy (non-hydrogen) atoms. The Hall–Kier alpha value is -0.390. The maximum atomic E-state index is 5.27. The van der Waals surface area contributed by atoms with Gasteiger partial charge in [-0.05, 0) is 42.2 Å². The molecular weight excluding hydrogens is 270 g/mol. The van der Waals surface area contributed by atoms with Crippen molar-refractivity contribution in [2.75, 3.05) is 26.3 Å². The number of rotatable bonds is 9. The molecule has 4 nitrogen and oxygen atoms in total. The summed E-state index contributed by atoms with van der Waals surface area (Å²) in [6.07, 6.45) is 6.09. The minimum Gasteiger partial charge on any atom is -0.382 e. The molecule has 1 heterocycles. The Morgan fingerprint density at radius 2 is 2.31 bits per heavy atom. The summed E-state index contributed by atoms with van der Waals surface area (Å²) in [5.41, 5.74) is 0. The molecule has 0 saturated carbocycles. The lowest BCUT2D eigenvalue weighted by Crippen LogP contribution is -2.21. The highest BCUT2D eigenvalue weighted by Gasteiger charge is 1.94. The quantitative estimate of drug-likeness (QED) is 0.708. The predicted molar refractivity (Wildman–Crippen MR) is 68.5 cm³/mol. The zero-order chi connectivity index (χ0) is 11.6. The van der Waals surface area contributed by atoms with Crippen LogP contribution in [0.15, 0.2) is 16.9 Å². The largest absolute Gasteiger partial charge is 0.382 e. The standard InChI is InChI=1S/C11H20BrN3O/c1-2-16-8-4-3-5-13-6-7-15-10-11(12)9-14-15/h9-10,13H,2-8H2,1H3. The molecule has 0 bridgehead atoms. The van der Waals surface area contributed by atoms with Gasteiger partial charge in [0, 0.05) is 26.0 Å². The number of halogens is 1. The van der Waals surface area contributed by atoms with Crippen LogP contribution in [0, 0.1) is 0 Å². The summed E-state index contributed by atoms with van der Waals surface area (Å²) in [7, 11) is 0. The van der Waals surface area contributed by atoms with Crippen molar-refractivity contribution in [2.24, 2.45) is 0 Å². The van der Waals surface area contributed by atoms with Crippen molar-refractivity contribution in [2.45, 2.75) is 26.3 Å². The van der Waals surface area contributed by atoms with Crippen LogP contribution in [0.5, 0.6) is 0 Å². The first-order valence-corrected chi connectivity index (χ1v) is 6.58. The second kappa shape index (κ2) is 8.73. The lowest BCUT2D eigenvalue weighted by atomic mass is 10.3. The first kappa shape index (κ1) is 13.7. The van der Waals surface area contributed by atoms with Crippen molar-refractivity contribution >= 4 is 15.9 Å². The second-order valence-corrected chi connectivity index (χ2v) is 4.49.